The van der Waals surface area contributed by atoms with Crippen LogP contribution in [0.5, 0.6) is 0 Å². The molecule has 3 N–H and O–H groups in total. The van der Waals surface area contributed by atoms with E-state index in [0.717, 1.165) is 5.56 Å². The van der Waals surface area contributed by atoms with Gasteiger partial charge in [0.05, 0.1) is 0 Å². The van der Waals surface area contributed by atoms with Crippen molar-refractivity contribution in [2.24, 2.45) is 11.7 Å². The number of hydrogen-bond donors (Lipinski definition) is 2. The second-order valence-corrected chi connectivity index (χ2v) is 4.42. The third-order valence-corrected chi connectivity index (χ3v) is 2.80. The highest BCUT2D eigenvalue weighted by atomic mass is 35.5. The number of carbonyl (C=O) groups excluding carboxylic acids is 1. The van der Waals surface area contributed by atoms with Crippen LogP contribution in [-0.2, 0) is 4.79 Å². The minimum atomic E-state index is -0.286. The molecule has 1 unspecified atom stereocenters. The monoisotopic (exact) mass is 240 g/mol. The fraction of sp³-hybridized carbons (Fsp3) is 0.417. The van der Waals surface area contributed by atoms with Gasteiger partial charge in [-0.3, -0.25) is 4.79 Å². The Morgan fingerprint density at radius 1 is 1.50 bits per heavy atom. The number of halogens is 1. The molecule has 4 heteroatoms. The third kappa shape index (κ3) is 3.83. The van der Waals surface area contributed by atoms with E-state index in [-0.39, 0.29) is 17.9 Å². The highest BCUT2D eigenvalue weighted by molar-refractivity contribution is 6.30. The van der Waals surface area contributed by atoms with Crippen LogP contribution in [0.2, 0.25) is 5.02 Å². The van der Waals surface area contributed by atoms with Crippen LogP contribution < -0.4 is 11.1 Å². The summed E-state index contributed by atoms with van der Waals surface area (Å²) in [4.78, 5) is 10.9. The molecule has 1 aromatic rings. The normalized spacial score (nSPS) is 14.4. The topological polar surface area (TPSA) is 55.1 Å². The highest BCUT2D eigenvalue weighted by Gasteiger charge is 2.11. The Morgan fingerprint density at radius 3 is 2.75 bits per heavy atom. The highest BCUT2D eigenvalue weighted by Crippen LogP contribution is 2.17. The molecule has 1 amide bonds. The summed E-state index contributed by atoms with van der Waals surface area (Å²) in [5.41, 5.74) is 6.29. The van der Waals surface area contributed by atoms with Crippen molar-refractivity contribution < 1.29 is 4.79 Å². The molecule has 0 aromatic heterocycles. The largest absolute Gasteiger partial charge is 0.369 e. The maximum absolute atomic E-state index is 10.9. The SMILES string of the molecule is CC(CN[C@@H](C)c1cccc(Cl)c1)C(N)=O. The van der Waals surface area contributed by atoms with Gasteiger partial charge in [0.25, 0.3) is 0 Å². The lowest BCUT2D eigenvalue weighted by molar-refractivity contribution is -0.121. The molecular weight excluding hydrogens is 224 g/mol. The van der Waals surface area contributed by atoms with E-state index in [9.17, 15) is 4.79 Å². The average Bonchev–Trinajstić information content (AvgIpc) is 2.25. The van der Waals surface area contributed by atoms with Crippen LogP contribution in [-0.4, -0.2) is 12.5 Å². The van der Waals surface area contributed by atoms with E-state index in [0.29, 0.717) is 11.6 Å². The lowest BCUT2D eigenvalue weighted by Crippen LogP contribution is -2.32. The van der Waals surface area contributed by atoms with Gasteiger partial charge in [-0.25, -0.2) is 0 Å². The fourth-order valence-corrected chi connectivity index (χ4v) is 1.55. The van der Waals surface area contributed by atoms with Crippen molar-refractivity contribution in [3.05, 3.63) is 34.9 Å². The molecule has 2 atom stereocenters. The third-order valence-electron chi connectivity index (χ3n) is 2.56. The van der Waals surface area contributed by atoms with Crippen molar-refractivity contribution in [3.8, 4) is 0 Å². The van der Waals surface area contributed by atoms with Gasteiger partial charge in [-0.15, -0.1) is 0 Å². The zero-order valence-corrected chi connectivity index (χ0v) is 10.3. The number of benzene rings is 1. The number of nitrogens with two attached hydrogens (primary N) is 1. The summed E-state index contributed by atoms with van der Waals surface area (Å²) >= 11 is 5.90. The summed E-state index contributed by atoms with van der Waals surface area (Å²) in [6.07, 6.45) is 0. The molecule has 0 aliphatic rings. The summed E-state index contributed by atoms with van der Waals surface area (Å²) in [6, 6.07) is 7.81. The molecule has 1 aromatic carbocycles. The van der Waals surface area contributed by atoms with E-state index < -0.39 is 0 Å². The molecule has 0 spiro atoms. The molecule has 3 nitrogen and oxygen atoms in total. The van der Waals surface area contributed by atoms with Crippen LogP contribution in [0.1, 0.15) is 25.5 Å². The van der Waals surface area contributed by atoms with Gasteiger partial charge in [0, 0.05) is 23.5 Å². The Labute approximate surface area is 101 Å². The summed E-state index contributed by atoms with van der Waals surface area (Å²) in [5, 5.41) is 3.96. The predicted molar refractivity (Wildman–Crippen MR) is 66.2 cm³/mol. The van der Waals surface area contributed by atoms with Gasteiger partial charge in [0.15, 0.2) is 0 Å². The maximum atomic E-state index is 10.9. The van der Waals surface area contributed by atoms with Gasteiger partial charge in [-0.1, -0.05) is 30.7 Å². The number of rotatable bonds is 5. The van der Waals surface area contributed by atoms with Gasteiger partial charge >= 0.3 is 0 Å². The van der Waals surface area contributed by atoms with Crippen LogP contribution in [0, 0.1) is 5.92 Å². The maximum Gasteiger partial charge on any atom is 0.221 e. The van der Waals surface area contributed by atoms with Crippen LogP contribution in [0.3, 0.4) is 0 Å². The number of hydrogen-bond acceptors (Lipinski definition) is 2. The van der Waals surface area contributed by atoms with E-state index >= 15 is 0 Å². The van der Waals surface area contributed by atoms with Crippen molar-refractivity contribution in [1.82, 2.24) is 5.32 Å². The smallest absolute Gasteiger partial charge is 0.221 e. The average molecular weight is 241 g/mol. The quantitative estimate of drug-likeness (QED) is 0.828. The summed E-state index contributed by atoms with van der Waals surface area (Å²) in [5.74, 6) is -0.451. The second-order valence-electron chi connectivity index (χ2n) is 3.99. The van der Waals surface area contributed by atoms with E-state index in [1.165, 1.54) is 0 Å². The first-order valence-corrected chi connectivity index (χ1v) is 5.66. The Balaban J connectivity index is 2.52. The molecule has 0 bridgehead atoms. The molecule has 0 saturated carbocycles. The van der Waals surface area contributed by atoms with Gasteiger partial charge in [0.2, 0.25) is 5.91 Å². The summed E-state index contributed by atoms with van der Waals surface area (Å²) in [6.45, 7) is 4.41. The second kappa shape index (κ2) is 5.87. The first-order valence-electron chi connectivity index (χ1n) is 5.29. The number of carbonyl (C=O) groups is 1. The van der Waals surface area contributed by atoms with Crippen molar-refractivity contribution >= 4 is 17.5 Å². The number of nitrogens with one attached hydrogen (secondary N) is 1. The molecule has 88 valence electrons. The molecule has 0 heterocycles. The zero-order valence-electron chi connectivity index (χ0n) is 9.53. The Kier molecular flexibility index (Phi) is 4.77. The van der Waals surface area contributed by atoms with Crippen molar-refractivity contribution in [2.75, 3.05) is 6.54 Å². The van der Waals surface area contributed by atoms with Crippen LogP contribution >= 0.6 is 11.6 Å². The minimum Gasteiger partial charge on any atom is -0.369 e. The number of primary amides is 1. The standard InChI is InChI=1S/C12H17ClN2O/c1-8(12(14)16)7-15-9(2)10-4-3-5-11(13)6-10/h3-6,8-9,15H,7H2,1-2H3,(H2,14,16)/t8?,9-/m0/s1. The molecular formula is C12H17ClN2O. The van der Waals surface area contributed by atoms with E-state index in [2.05, 4.69) is 5.32 Å². The zero-order chi connectivity index (χ0) is 12.1. The predicted octanol–water partition coefficient (Wildman–Crippen LogP) is 2.11. The fourth-order valence-electron chi connectivity index (χ4n) is 1.35. The molecule has 0 fully saturated rings. The van der Waals surface area contributed by atoms with E-state index in [1.54, 1.807) is 6.92 Å². The molecule has 0 saturated heterocycles. The first kappa shape index (κ1) is 13.0. The Morgan fingerprint density at radius 2 is 2.19 bits per heavy atom. The summed E-state index contributed by atoms with van der Waals surface area (Å²) in [7, 11) is 0. The van der Waals surface area contributed by atoms with Gasteiger partial charge in [0.1, 0.15) is 0 Å². The first-order chi connectivity index (χ1) is 7.50. The molecule has 16 heavy (non-hydrogen) atoms. The van der Waals surface area contributed by atoms with Gasteiger partial charge < -0.3 is 11.1 Å². The lowest BCUT2D eigenvalue weighted by Gasteiger charge is -2.16. The Bertz CT molecular complexity index is 368. The van der Waals surface area contributed by atoms with E-state index in [4.69, 9.17) is 17.3 Å². The van der Waals surface area contributed by atoms with Crippen molar-refractivity contribution in [1.29, 1.82) is 0 Å². The minimum absolute atomic E-state index is 0.153. The molecule has 1 rings (SSSR count). The molecule has 0 radical (unpaired) electrons. The lowest BCUT2D eigenvalue weighted by atomic mass is 10.1. The van der Waals surface area contributed by atoms with Crippen molar-refractivity contribution in [2.45, 2.75) is 19.9 Å². The van der Waals surface area contributed by atoms with E-state index in [1.807, 2.05) is 31.2 Å². The Hall–Kier alpha value is -1.06. The number of amides is 1. The summed E-state index contributed by atoms with van der Waals surface area (Å²) < 4.78 is 0. The molecule has 0 aliphatic carbocycles. The van der Waals surface area contributed by atoms with Gasteiger partial charge in [-0.2, -0.15) is 0 Å². The molecule has 0 aliphatic heterocycles. The van der Waals surface area contributed by atoms with Crippen LogP contribution in [0.4, 0.5) is 0 Å². The van der Waals surface area contributed by atoms with Gasteiger partial charge in [-0.05, 0) is 24.6 Å². The van der Waals surface area contributed by atoms with Crippen molar-refractivity contribution in [3.63, 3.8) is 0 Å². The van der Waals surface area contributed by atoms with Crippen LogP contribution in [0.25, 0.3) is 0 Å². The van der Waals surface area contributed by atoms with Crippen LogP contribution in [0.15, 0.2) is 24.3 Å².